The molecule has 0 aromatic carbocycles. The predicted molar refractivity (Wildman–Crippen MR) is 89.4 cm³/mol. The molecule has 1 aliphatic heterocycles. The number of unbranched alkanes of at least 4 members (excludes halogenated alkanes) is 3. The molecule has 0 radical (unpaired) electrons. The Bertz CT molecular complexity index is 231. The number of hydrogen-bond donors (Lipinski definition) is 0. The zero-order valence-electron chi connectivity index (χ0n) is 14.2. The summed E-state index contributed by atoms with van der Waals surface area (Å²) >= 11 is 0. The molecule has 0 bridgehead atoms. The lowest BCUT2D eigenvalue weighted by Crippen LogP contribution is -2.63. The van der Waals surface area contributed by atoms with Gasteiger partial charge in [-0.2, -0.15) is 0 Å². The van der Waals surface area contributed by atoms with Crippen LogP contribution in [0.15, 0.2) is 0 Å². The molecule has 0 aromatic rings. The summed E-state index contributed by atoms with van der Waals surface area (Å²) in [6, 6.07) is 1.46. The molecule has 1 aliphatic rings. The molecule has 1 nitrogen and oxygen atoms in total. The van der Waals surface area contributed by atoms with E-state index in [9.17, 15) is 0 Å². The fourth-order valence-corrected chi connectivity index (χ4v) is 9.72. The van der Waals surface area contributed by atoms with Gasteiger partial charge in [0.2, 0.25) is 0 Å². The lowest BCUT2D eigenvalue weighted by atomic mass is 10.1. The van der Waals surface area contributed by atoms with Crippen molar-refractivity contribution in [3.8, 4) is 0 Å². The van der Waals surface area contributed by atoms with Gasteiger partial charge in [-0.25, -0.2) is 0 Å². The first kappa shape index (κ1) is 18.4. The van der Waals surface area contributed by atoms with Crippen LogP contribution in [0.25, 0.3) is 0 Å². The van der Waals surface area contributed by atoms with Crippen LogP contribution in [0.1, 0.15) is 59.8 Å². The minimum absolute atomic E-state index is 0.165. The predicted octanol–water partition coefficient (Wildman–Crippen LogP) is 5.76. The van der Waals surface area contributed by atoms with E-state index in [0.29, 0.717) is 0 Å². The number of rotatable bonds is 3. The quantitative estimate of drug-likeness (QED) is 0.473. The van der Waals surface area contributed by atoms with Crippen molar-refractivity contribution in [1.82, 2.24) is 0 Å². The van der Waals surface area contributed by atoms with Crippen molar-refractivity contribution < 1.29 is 4.43 Å². The summed E-state index contributed by atoms with van der Waals surface area (Å²) in [5, 5.41) is 0. The Labute approximate surface area is 118 Å². The largest absolute Gasteiger partial charge is 0.415 e. The standard InChI is InChI=1S/C9H22OSi2.C6H14/c1-9(2)7-8-11(3,4)12(5,6)10-9;1-3-5-6-4-2/h7-8H2,1-6H3;3-6H2,1-2H3. The van der Waals surface area contributed by atoms with Gasteiger partial charge in [0, 0.05) is 0 Å². The van der Waals surface area contributed by atoms with Crippen molar-refractivity contribution in [3.05, 3.63) is 0 Å². The van der Waals surface area contributed by atoms with Crippen LogP contribution < -0.4 is 0 Å². The van der Waals surface area contributed by atoms with Crippen LogP contribution in [-0.4, -0.2) is 21.0 Å². The van der Waals surface area contributed by atoms with Crippen molar-refractivity contribution in [1.29, 1.82) is 0 Å². The molecule has 0 spiro atoms. The highest BCUT2D eigenvalue weighted by Gasteiger charge is 2.49. The summed E-state index contributed by atoms with van der Waals surface area (Å²) in [6.07, 6.45) is 6.80. The summed E-state index contributed by atoms with van der Waals surface area (Å²) in [4.78, 5) is 0. The molecule has 0 aromatic heterocycles. The summed E-state index contributed by atoms with van der Waals surface area (Å²) in [6.45, 7) is 18.7. The van der Waals surface area contributed by atoms with Crippen LogP contribution in [0.2, 0.25) is 32.2 Å². The van der Waals surface area contributed by atoms with Crippen LogP contribution in [0.3, 0.4) is 0 Å². The Morgan fingerprint density at radius 2 is 1.39 bits per heavy atom. The van der Waals surface area contributed by atoms with Gasteiger partial charge in [-0.15, -0.1) is 0 Å². The van der Waals surface area contributed by atoms with Crippen LogP contribution in [0.5, 0.6) is 0 Å². The monoisotopic (exact) mass is 288 g/mol. The van der Waals surface area contributed by atoms with Crippen molar-refractivity contribution in [2.24, 2.45) is 0 Å². The second-order valence-electron chi connectivity index (χ2n) is 7.46. The van der Waals surface area contributed by atoms with Gasteiger partial charge in [0.25, 0.3) is 0 Å². The first-order valence-electron chi connectivity index (χ1n) is 7.78. The maximum absolute atomic E-state index is 6.28. The third kappa shape index (κ3) is 6.02. The minimum Gasteiger partial charge on any atom is -0.415 e. The zero-order valence-corrected chi connectivity index (χ0v) is 16.2. The van der Waals surface area contributed by atoms with Crippen molar-refractivity contribution in [3.63, 3.8) is 0 Å². The molecule has 1 heterocycles. The van der Waals surface area contributed by atoms with E-state index in [1.807, 2.05) is 0 Å². The Morgan fingerprint density at radius 3 is 1.67 bits per heavy atom. The molecule has 1 saturated heterocycles. The molecule has 1 fully saturated rings. The van der Waals surface area contributed by atoms with E-state index >= 15 is 0 Å². The van der Waals surface area contributed by atoms with E-state index in [1.165, 1.54) is 38.1 Å². The molecule has 0 N–H and O–H groups in total. The van der Waals surface area contributed by atoms with Gasteiger partial charge in [-0.3, -0.25) is 0 Å². The van der Waals surface area contributed by atoms with Gasteiger partial charge in [0.1, 0.15) is 0 Å². The third-order valence-electron chi connectivity index (χ3n) is 4.47. The summed E-state index contributed by atoms with van der Waals surface area (Å²) in [7, 11) is -2.30. The van der Waals surface area contributed by atoms with Gasteiger partial charge in [-0.05, 0) is 33.4 Å². The van der Waals surface area contributed by atoms with Gasteiger partial charge in [0.15, 0.2) is 7.83 Å². The van der Waals surface area contributed by atoms with Crippen LogP contribution in [0, 0.1) is 0 Å². The van der Waals surface area contributed by atoms with Gasteiger partial charge in [0.05, 0.1) is 13.2 Å². The lowest BCUT2D eigenvalue weighted by molar-refractivity contribution is 0.0933. The molecule has 110 valence electrons. The molecule has 0 aliphatic carbocycles. The molecular formula is C15H36OSi2. The lowest BCUT2D eigenvalue weighted by Gasteiger charge is -2.49. The van der Waals surface area contributed by atoms with E-state index < -0.39 is 15.4 Å². The average molecular weight is 289 g/mol. The van der Waals surface area contributed by atoms with E-state index in [4.69, 9.17) is 4.43 Å². The molecule has 18 heavy (non-hydrogen) atoms. The highest BCUT2D eigenvalue weighted by molar-refractivity contribution is 7.38. The molecule has 3 heteroatoms. The summed E-state index contributed by atoms with van der Waals surface area (Å²) in [5.41, 5.74) is 0.165. The number of hydrogen-bond acceptors (Lipinski definition) is 1. The van der Waals surface area contributed by atoms with Crippen molar-refractivity contribution in [2.45, 2.75) is 97.6 Å². The van der Waals surface area contributed by atoms with E-state index in [0.717, 1.165) is 0 Å². The Morgan fingerprint density at radius 1 is 0.944 bits per heavy atom. The summed E-state index contributed by atoms with van der Waals surface area (Å²) in [5.74, 6) is 0. The highest BCUT2D eigenvalue weighted by Crippen LogP contribution is 2.38. The third-order valence-corrected chi connectivity index (χ3v) is 21.1. The molecule has 1 rings (SSSR count). The van der Waals surface area contributed by atoms with Gasteiger partial charge < -0.3 is 4.43 Å². The molecule has 0 atom stereocenters. The van der Waals surface area contributed by atoms with Crippen molar-refractivity contribution >= 4 is 15.4 Å². The molecule has 0 saturated carbocycles. The normalized spacial score (nSPS) is 24.0. The minimum atomic E-state index is -1.31. The zero-order chi connectivity index (χ0) is 14.4. The van der Waals surface area contributed by atoms with Crippen LogP contribution >= 0.6 is 0 Å². The maximum Gasteiger partial charge on any atom is 0.174 e. The van der Waals surface area contributed by atoms with Crippen LogP contribution in [0.4, 0.5) is 0 Å². The molecule has 0 unspecified atom stereocenters. The SMILES string of the molecule is CC1(C)CC[Si](C)(C)[Si](C)(C)O1.CCCCCC. The van der Waals surface area contributed by atoms with E-state index in [2.05, 4.69) is 53.9 Å². The van der Waals surface area contributed by atoms with Crippen molar-refractivity contribution in [2.75, 3.05) is 0 Å². The Kier molecular flexibility index (Phi) is 7.41. The van der Waals surface area contributed by atoms with E-state index in [1.54, 1.807) is 0 Å². The van der Waals surface area contributed by atoms with Gasteiger partial charge >= 0.3 is 0 Å². The average Bonchev–Trinajstić information content (AvgIpc) is 2.22. The van der Waals surface area contributed by atoms with E-state index in [-0.39, 0.29) is 5.60 Å². The Hall–Kier alpha value is 0.394. The fourth-order valence-electron chi connectivity index (χ4n) is 2.29. The summed E-state index contributed by atoms with van der Waals surface area (Å²) < 4.78 is 6.28. The molecule has 0 amide bonds. The first-order chi connectivity index (χ1) is 8.08. The van der Waals surface area contributed by atoms with Gasteiger partial charge in [-0.1, -0.05) is 58.7 Å². The second-order valence-corrected chi connectivity index (χ2v) is 22.6. The van der Waals surface area contributed by atoms with Crippen LogP contribution in [-0.2, 0) is 4.43 Å². The highest BCUT2D eigenvalue weighted by atomic mass is 29.3. The molecular weight excluding hydrogens is 252 g/mol. The first-order valence-corrected chi connectivity index (χ1v) is 14.9. The topological polar surface area (TPSA) is 9.23 Å². The fraction of sp³-hybridized carbons (Fsp3) is 1.00. The second kappa shape index (κ2) is 7.25. The maximum atomic E-state index is 6.28. The smallest absolute Gasteiger partial charge is 0.174 e. The Balaban J connectivity index is 0.000000411.